The Kier molecular flexibility index (Phi) is 2.46. The van der Waals surface area contributed by atoms with Crippen LogP contribution in [-0.4, -0.2) is 35.1 Å². The number of nitrogens with zero attached hydrogens (tertiary/aromatic N) is 1. The lowest BCUT2D eigenvalue weighted by molar-refractivity contribution is -0.129. The summed E-state index contributed by atoms with van der Waals surface area (Å²) >= 11 is 0. The van der Waals surface area contributed by atoms with E-state index in [0.29, 0.717) is 12.0 Å². The van der Waals surface area contributed by atoms with Crippen molar-refractivity contribution in [1.82, 2.24) is 10.2 Å². The first-order chi connectivity index (χ1) is 10.5. The average molecular weight is 299 g/mol. The molecule has 112 valence electrons. The van der Waals surface area contributed by atoms with Gasteiger partial charge in [0.05, 0.1) is 23.0 Å². The van der Waals surface area contributed by atoms with E-state index in [9.17, 15) is 19.2 Å². The SMILES string of the molecule is Nc1cccc2c1C(=O)N(CC1CC3C(=O)NC(=O)C13)C2=O. The normalized spacial score (nSPS) is 29.3. The molecular weight excluding hydrogens is 286 g/mol. The quantitative estimate of drug-likeness (QED) is 0.579. The molecule has 0 bridgehead atoms. The molecule has 3 N–H and O–H groups in total. The second kappa shape index (κ2) is 4.16. The number of hydrogen-bond acceptors (Lipinski definition) is 5. The molecule has 3 atom stereocenters. The zero-order valence-electron chi connectivity index (χ0n) is 11.5. The van der Waals surface area contributed by atoms with E-state index in [-0.39, 0.29) is 47.4 Å². The second-order valence-corrected chi connectivity index (χ2v) is 5.97. The van der Waals surface area contributed by atoms with Crippen LogP contribution in [0.4, 0.5) is 5.69 Å². The van der Waals surface area contributed by atoms with E-state index in [4.69, 9.17) is 5.73 Å². The molecule has 0 aromatic heterocycles. The number of imide groups is 2. The van der Waals surface area contributed by atoms with Crippen LogP contribution in [-0.2, 0) is 9.59 Å². The molecule has 0 radical (unpaired) electrons. The number of hydrogen-bond donors (Lipinski definition) is 2. The Morgan fingerprint density at radius 3 is 2.59 bits per heavy atom. The van der Waals surface area contributed by atoms with Gasteiger partial charge >= 0.3 is 0 Å². The summed E-state index contributed by atoms with van der Waals surface area (Å²) in [4.78, 5) is 49.1. The molecule has 7 heteroatoms. The summed E-state index contributed by atoms with van der Waals surface area (Å²) in [6, 6.07) is 4.78. The highest BCUT2D eigenvalue weighted by atomic mass is 16.2. The van der Waals surface area contributed by atoms with Gasteiger partial charge < -0.3 is 5.73 Å². The van der Waals surface area contributed by atoms with Crippen molar-refractivity contribution >= 4 is 29.3 Å². The molecule has 2 fully saturated rings. The van der Waals surface area contributed by atoms with Gasteiger partial charge in [-0.25, -0.2) is 0 Å². The van der Waals surface area contributed by atoms with Gasteiger partial charge in [0.1, 0.15) is 0 Å². The standard InChI is InChI=1S/C15H13N3O4/c16-9-3-1-2-7-11(9)15(22)18(14(7)21)5-6-4-8-10(6)13(20)17-12(8)19/h1-3,6,8,10H,4-5,16H2,(H,17,19,20). The van der Waals surface area contributed by atoms with E-state index >= 15 is 0 Å². The highest BCUT2D eigenvalue weighted by molar-refractivity contribution is 6.23. The lowest BCUT2D eigenvalue weighted by Gasteiger charge is -2.38. The van der Waals surface area contributed by atoms with E-state index in [2.05, 4.69) is 5.32 Å². The lowest BCUT2D eigenvalue weighted by Crippen LogP contribution is -2.47. The summed E-state index contributed by atoms with van der Waals surface area (Å²) in [5, 5.41) is 2.30. The van der Waals surface area contributed by atoms with Gasteiger partial charge in [-0.05, 0) is 24.5 Å². The number of carbonyl (C=O) groups is 4. The number of carbonyl (C=O) groups excluding carboxylic acids is 4. The molecule has 2 aliphatic heterocycles. The topological polar surface area (TPSA) is 110 Å². The molecule has 1 saturated heterocycles. The van der Waals surface area contributed by atoms with Gasteiger partial charge in [0.25, 0.3) is 11.8 Å². The van der Waals surface area contributed by atoms with Crippen molar-refractivity contribution in [3.8, 4) is 0 Å². The van der Waals surface area contributed by atoms with Crippen LogP contribution in [0.5, 0.6) is 0 Å². The number of amides is 4. The smallest absolute Gasteiger partial charge is 0.263 e. The molecule has 1 aromatic rings. The average Bonchev–Trinajstić information content (AvgIpc) is 2.80. The molecule has 4 amide bonds. The first kappa shape index (κ1) is 13.0. The molecule has 0 spiro atoms. The lowest BCUT2D eigenvalue weighted by atomic mass is 9.66. The van der Waals surface area contributed by atoms with Crippen LogP contribution in [0.15, 0.2) is 18.2 Å². The molecular formula is C15H13N3O4. The van der Waals surface area contributed by atoms with Crippen molar-refractivity contribution in [2.45, 2.75) is 6.42 Å². The monoisotopic (exact) mass is 299 g/mol. The molecule has 7 nitrogen and oxygen atoms in total. The molecule has 1 aromatic carbocycles. The highest BCUT2D eigenvalue weighted by Crippen LogP contribution is 2.45. The minimum absolute atomic E-state index is 0.146. The van der Waals surface area contributed by atoms with E-state index < -0.39 is 11.8 Å². The van der Waals surface area contributed by atoms with Gasteiger partial charge in [0.15, 0.2) is 0 Å². The fourth-order valence-corrected chi connectivity index (χ4v) is 3.66. The number of fused-ring (bicyclic) bond motifs is 2. The zero-order valence-corrected chi connectivity index (χ0v) is 11.5. The fourth-order valence-electron chi connectivity index (χ4n) is 3.66. The van der Waals surface area contributed by atoms with Crippen molar-refractivity contribution in [2.75, 3.05) is 12.3 Å². The maximum Gasteiger partial charge on any atom is 0.263 e. The maximum atomic E-state index is 12.4. The molecule has 1 saturated carbocycles. The Morgan fingerprint density at radius 1 is 1.14 bits per heavy atom. The van der Waals surface area contributed by atoms with E-state index in [1.165, 1.54) is 0 Å². The number of benzene rings is 1. The van der Waals surface area contributed by atoms with E-state index in [1.807, 2.05) is 0 Å². The van der Waals surface area contributed by atoms with Crippen LogP contribution < -0.4 is 11.1 Å². The van der Waals surface area contributed by atoms with Crippen molar-refractivity contribution < 1.29 is 19.2 Å². The Morgan fingerprint density at radius 2 is 1.91 bits per heavy atom. The maximum absolute atomic E-state index is 12.4. The molecule has 3 unspecified atom stereocenters. The number of nitrogen functional groups attached to an aromatic ring is 1. The minimum atomic E-state index is -0.425. The van der Waals surface area contributed by atoms with Crippen molar-refractivity contribution in [1.29, 1.82) is 0 Å². The number of rotatable bonds is 2. The molecule has 3 aliphatic rings. The Bertz CT molecular complexity index is 757. The highest BCUT2D eigenvalue weighted by Gasteiger charge is 2.56. The van der Waals surface area contributed by atoms with Crippen molar-refractivity contribution in [3.05, 3.63) is 29.3 Å². The molecule has 2 heterocycles. The third-order valence-corrected chi connectivity index (χ3v) is 4.83. The van der Waals surface area contributed by atoms with Crippen LogP contribution in [0.1, 0.15) is 27.1 Å². The van der Waals surface area contributed by atoms with Gasteiger partial charge in [-0.3, -0.25) is 29.4 Å². The van der Waals surface area contributed by atoms with Crippen LogP contribution in [0.2, 0.25) is 0 Å². The van der Waals surface area contributed by atoms with Gasteiger partial charge in [-0.15, -0.1) is 0 Å². The minimum Gasteiger partial charge on any atom is -0.398 e. The largest absolute Gasteiger partial charge is 0.398 e. The summed E-state index contributed by atoms with van der Waals surface area (Å²) in [7, 11) is 0. The van der Waals surface area contributed by atoms with Crippen molar-refractivity contribution in [2.24, 2.45) is 17.8 Å². The fraction of sp³-hybridized carbons (Fsp3) is 0.333. The van der Waals surface area contributed by atoms with Gasteiger partial charge in [-0.2, -0.15) is 0 Å². The third kappa shape index (κ3) is 1.50. The van der Waals surface area contributed by atoms with Crippen LogP contribution in [0.25, 0.3) is 0 Å². The molecule has 22 heavy (non-hydrogen) atoms. The number of anilines is 1. The second-order valence-electron chi connectivity index (χ2n) is 5.97. The summed E-state index contributed by atoms with van der Waals surface area (Å²) in [6.45, 7) is 0.146. The molecule has 1 aliphatic carbocycles. The first-order valence-corrected chi connectivity index (χ1v) is 7.08. The van der Waals surface area contributed by atoms with E-state index in [0.717, 1.165) is 4.90 Å². The van der Waals surface area contributed by atoms with Gasteiger partial charge in [0, 0.05) is 12.2 Å². The molecule has 4 rings (SSSR count). The predicted octanol–water partition coefficient (Wildman–Crippen LogP) is -0.227. The summed E-state index contributed by atoms with van der Waals surface area (Å²) in [6.07, 6.45) is 0.519. The van der Waals surface area contributed by atoms with Crippen LogP contribution >= 0.6 is 0 Å². The first-order valence-electron chi connectivity index (χ1n) is 7.08. The van der Waals surface area contributed by atoms with Gasteiger partial charge in [0.2, 0.25) is 11.8 Å². The zero-order chi connectivity index (χ0) is 15.6. The Balaban J connectivity index is 1.58. The van der Waals surface area contributed by atoms with Crippen LogP contribution in [0.3, 0.4) is 0 Å². The summed E-state index contributed by atoms with van der Waals surface area (Å²) in [5.41, 5.74) is 6.59. The van der Waals surface area contributed by atoms with Crippen molar-refractivity contribution in [3.63, 3.8) is 0 Å². The van der Waals surface area contributed by atoms with Gasteiger partial charge in [-0.1, -0.05) is 6.07 Å². The predicted molar refractivity (Wildman–Crippen MR) is 74.5 cm³/mol. The summed E-state index contributed by atoms with van der Waals surface area (Å²) in [5.74, 6) is -2.27. The Hall–Kier alpha value is -2.70. The third-order valence-electron chi connectivity index (χ3n) is 4.83. The Labute approximate surface area is 125 Å². The summed E-state index contributed by atoms with van der Waals surface area (Å²) < 4.78 is 0. The van der Waals surface area contributed by atoms with Crippen LogP contribution in [0, 0.1) is 17.8 Å². The van der Waals surface area contributed by atoms with E-state index in [1.54, 1.807) is 18.2 Å². The number of nitrogens with two attached hydrogens (primary N) is 1. The number of nitrogens with one attached hydrogen (secondary N) is 1.